The Bertz CT molecular complexity index is 2800. The predicted octanol–water partition coefficient (Wildman–Crippen LogP) is 12.0. The van der Waals surface area contributed by atoms with Crippen LogP contribution in [0.4, 0.5) is 17.1 Å². The van der Waals surface area contributed by atoms with Crippen molar-refractivity contribution >= 4 is 90.5 Å². The Kier molecular flexibility index (Phi) is 6.42. The normalized spacial score (nSPS) is 13.3. The standard InChI is InChI=1S/C46H33ClN2Si/c1-50(2)44-24-22-35(28-40(44)45-39-26-31-14-10-9-13-30(31)25-32(39)27-41(47)46(45)50)48(33-15-5-3-6-16-33)36-21-23-38-37-19-11-12-20-42(37)49(43(38)29-36)34-17-7-4-8-18-34/h3-29H,1-2H3. The Labute approximate surface area is 297 Å². The van der Waals surface area contributed by atoms with E-state index < -0.39 is 8.07 Å². The lowest BCUT2D eigenvalue weighted by Crippen LogP contribution is -2.49. The number of fused-ring (bicyclic) bond motifs is 9. The minimum atomic E-state index is -2.08. The van der Waals surface area contributed by atoms with E-state index in [0.717, 1.165) is 27.8 Å². The van der Waals surface area contributed by atoms with Gasteiger partial charge in [-0.1, -0.05) is 116 Å². The molecular weight excluding hydrogens is 644 g/mol. The van der Waals surface area contributed by atoms with E-state index in [0.29, 0.717) is 0 Å². The second kappa shape index (κ2) is 10.9. The summed E-state index contributed by atoms with van der Waals surface area (Å²) >= 11 is 7.24. The summed E-state index contributed by atoms with van der Waals surface area (Å²) < 4.78 is 2.39. The van der Waals surface area contributed by atoms with E-state index in [4.69, 9.17) is 11.6 Å². The molecule has 0 spiro atoms. The van der Waals surface area contributed by atoms with E-state index in [2.05, 4.69) is 186 Å². The molecule has 0 unspecified atom stereocenters. The SMILES string of the molecule is C[Si]1(C)c2ccc(N(c3ccccc3)c3ccc4c5ccccc5n(-c5ccccc5)c4c3)cc2-c2c1c(Cl)cc1cc3ccccc3cc21. The van der Waals surface area contributed by atoms with Crippen LogP contribution in [0, 0.1) is 0 Å². The molecule has 2 nitrogen and oxygen atoms in total. The highest BCUT2D eigenvalue weighted by atomic mass is 35.5. The lowest BCUT2D eigenvalue weighted by Gasteiger charge is -2.27. The van der Waals surface area contributed by atoms with Crippen molar-refractivity contribution in [2.75, 3.05) is 4.90 Å². The van der Waals surface area contributed by atoms with E-state index in [1.54, 1.807) is 0 Å². The maximum Gasteiger partial charge on any atom is 0.115 e. The first-order valence-corrected chi connectivity index (χ1v) is 20.6. The Morgan fingerprint density at radius 3 is 1.94 bits per heavy atom. The van der Waals surface area contributed by atoms with Gasteiger partial charge in [0.2, 0.25) is 0 Å². The molecule has 0 radical (unpaired) electrons. The number of nitrogens with zero attached hydrogens (tertiary/aromatic N) is 2. The number of hydrogen-bond acceptors (Lipinski definition) is 1. The fourth-order valence-corrected chi connectivity index (χ4v) is 12.6. The van der Waals surface area contributed by atoms with Gasteiger partial charge in [-0.2, -0.15) is 0 Å². The molecule has 1 aliphatic rings. The maximum atomic E-state index is 7.24. The van der Waals surface area contributed by atoms with Gasteiger partial charge in [-0.15, -0.1) is 0 Å². The van der Waals surface area contributed by atoms with Crippen molar-refractivity contribution in [3.63, 3.8) is 0 Å². The zero-order valence-electron chi connectivity index (χ0n) is 27.9. The van der Waals surface area contributed by atoms with Crippen molar-refractivity contribution in [1.82, 2.24) is 4.57 Å². The second-order valence-electron chi connectivity index (χ2n) is 13.9. The Morgan fingerprint density at radius 1 is 0.500 bits per heavy atom. The Balaban J connectivity index is 1.23. The highest BCUT2D eigenvalue weighted by molar-refractivity contribution is 7.05. The molecule has 0 bridgehead atoms. The first-order chi connectivity index (χ1) is 24.5. The van der Waals surface area contributed by atoms with Gasteiger partial charge in [0.1, 0.15) is 8.07 Å². The lowest BCUT2D eigenvalue weighted by atomic mass is 9.95. The molecule has 0 saturated carbocycles. The quantitative estimate of drug-likeness (QED) is 0.133. The summed E-state index contributed by atoms with van der Waals surface area (Å²) in [6.07, 6.45) is 0. The summed E-state index contributed by atoms with van der Waals surface area (Å²) in [5.41, 5.74) is 9.50. The molecule has 0 N–H and O–H groups in total. The highest BCUT2D eigenvalue weighted by Crippen LogP contribution is 2.44. The van der Waals surface area contributed by atoms with Crippen LogP contribution in [0.3, 0.4) is 0 Å². The number of hydrogen-bond donors (Lipinski definition) is 0. The van der Waals surface area contributed by atoms with Gasteiger partial charge in [-0.3, -0.25) is 0 Å². The summed E-state index contributed by atoms with van der Waals surface area (Å²) in [6, 6.07) is 59.7. The lowest BCUT2D eigenvalue weighted by molar-refractivity contribution is 1.18. The van der Waals surface area contributed by atoms with Crippen molar-refractivity contribution in [2.45, 2.75) is 13.1 Å². The number of para-hydroxylation sites is 3. The minimum Gasteiger partial charge on any atom is -0.310 e. The van der Waals surface area contributed by atoms with Crippen LogP contribution in [0.1, 0.15) is 0 Å². The molecule has 0 fully saturated rings. The molecule has 1 aromatic heterocycles. The molecule has 238 valence electrons. The molecule has 10 rings (SSSR count). The Hall–Kier alpha value is -5.61. The Morgan fingerprint density at radius 2 is 1.14 bits per heavy atom. The summed E-state index contributed by atoms with van der Waals surface area (Å²) in [5.74, 6) is 0. The van der Waals surface area contributed by atoms with Gasteiger partial charge in [-0.25, -0.2) is 0 Å². The average molecular weight is 677 g/mol. The van der Waals surface area contributed by atoms with Gasteiger partial charge in [0, 0.05) is 38.5 Å². The van der Waals surface area contributed by atoms with E-state index in [-0.39, 0.29) is 0 Å². The van der Waals surface area contributed by atoms with E-state index in [1.807, 2.05) is 0 Å². The average Bonchev–Trinajstić information content (AvgIpc) is 3.60. The van der Waals surface area contributed by atoms with Crippen LogP contribution in [0.5, 0.6) is 0 Å². The molecule has 0 atom stereocenters. The van der Waals surface area contributed by atoms with Gasteiger partial charge in [0.15, 0.2) is 0 Å². The van der Waals surface area contributed by atoms with Gasteiger partial charge >= 0.3 is 0 Å². The van der Waals surface area contributed by atoms with Crippen LogP contribution < -0.4 is 15.3 Å². The zero-order valence-corrected chi connectivity index (χ0v) is 29.6. The van der Waals surface area contributed by atoms with Gasteiger partial charge in [0.25, 0.3) is 0 Å². The smallest absolute Gasteiger partial charge is 0.115 e. The fourth-order valence-electron chi connectivity index (χ4n) is 8.48. The number of halogens is 1. The van der Waals surface area contributed by atoms with Crippen LogP contribution in [-0.4, -0.2) is 12.6 Å². The van der Waals surface area contributed by atoms with E-state index >= 15 is 0 Å². The van der Waals surface area contributed by atoms with Crippen LogP contribution in [0.15, 0.2) is 164 Å². The van der Waals surface area contributed by atoms with Crippen molar-refractivity contribution in [1.29, 1.82) is 0 Å². The van der Waals surface area contributed by atoms with Crippen molar-refractivity contribution in [3.8, 4) is 16.8 Å². The number of rotatable bonds is 4. The summed E-state index contributed by atoms with van der Waals surface area (Å²) in [5, 5.41) is 11.1. The molecule has 8 aromatic carbocycles. The van der Waals surface area contributed by atoms with Crippen LogP contribution in [0.25, 0.3) is 60.2 Å². The molecule has 0 aliphatic carbocycles. The first kappa shape index (κ1) is 29.3. The zero-order chi connectivity index (χ0) is 33.6. The number of aromatic nitrogens is 1. The van der Waals surface area contributed by atoms with Crippen LogP contribution >= 0.6 is 11.6 Å². The maximum absolute atomic E-state index is 7.24. The summed E-state index contributed by atoms with van der Waals surface area (Å²) in [4.78, 5) is 2.40. The summed E-state index contributed by atoms with van der Waals surface area (Å²) in [7, 11) is -2.08. The van der Waals surface area contributed by atoms with E-state index in [9.17, 15) is 0 Å². The van der Waals surface area contributed by atoms with Crippen molar-refractivity contribution in [2.24, 2.45) is 0 Å². The number of anilines is 3. The molecule has 50 heavy (non-hydrogen) atoms. The highest BCUT2D eigenvalue weighted by Gasteiger charge is 2.40. The molecule has 0 amide bonds. The number of benzene rings is 8. The van der Waals surface area contributed by atoms with Gasteiger partial charge in [0.05, 0.1) is 11.0 Å². The molecule has 2 heterocycles. The fraction of sp³-hybridized carbons (Fsp3) is 0.0435. The monoisotopic (exact) mass is 676 g/mol. The largest absolute Gasteiger partial charge is 0.310 e. The van der Waals surface area contributed by atoms with E-state index in [1.165, 1.54) is 64.9 Å². The first-order valence-electron chi connectivity index (χ1n) is 17.2. The third kappa shape index (κ3) is 4.27. The van der Waals surface area contributed by atoms with Crippen molar-refractivity contribution < 1.29 is 0 Å². The predicted molar refractivity (Wildman–Crippen MR) is 218 cm³/mol. The molecule has 9 aromatic rings. The third-order valence-corrected chi connectivity index (χ3v) is 14.7. The van der Waals surface area contributed by atoms with Crippen LogP contribution in [0.2, 0.25) is 18.1 Å². The minimum absolute atomic E-state index is 0.885. The second-order valence-corrected chi connectivity index (χ2v) is 18.6. The van der Waals surface area contributed by atoms with Crippen molar-refractivity contribution in [3.05, 3.63) is 169 Å². The molecule has 1 aliphatic heterocycles. The molecule has 0 saturated heterocycles. The molecule has 4 heteroatoms. The van der Waals surface area contributed by atoms with Gasteiger partial charge in [-0.05, 0) is 116 Å². The van der Waals surface area contributed by atoms with Gasteiger partial charge < -0.3 is 9.47 Å². The molecular formula is C46H33ClN2Si. The topological polar surface area (TPSA) is 8.17 Å². The summed E-state index contributed by atoms with van der Waals surface area (Å²) in [6.45, 7) is 4.89. The van der Waals surface area contributed by atoms with Crippen LogP contribution in [-0.2, 0) is 0 Å². The third-order valence-electron chi connectivity index (χ3n) is 10.7.